The summed E-state index contributed by atoms with van der Waals surface area (Å²) in [5.41, 5.74) is 7.58. The number of aromatic nitrogens is 4. The van der Waals surface area contributed by atoms with Crippen LogP contribution in [-0.4, -0.2) is 38.6 Å². The van der Waals surface area contributed by atoms with Crippen LogP contribution in [0.15, 0.2) is 48.5 Å². The van der Waals surface area contributed by atoms with E-state index >= 15 is 0 Å². The zero-order valence-electron chi connectivity index (χ0n) is 14.9. The molecule has 1 amide bonds. The summed E-state index contributed by atoms with van der Waals surface area (Å²) >= 11 is 0. The van der Waals surface area contributed by atoms with Crippen molar-refractivity contribution in [2.24, 2.45) is 5.73 Å². The van der Waals surface area contributed by atoms with Gasteiger partial charge in [0.2, 0.25) is 11.9 Å². The number of hydrogen-bond donors (Lipinski definition) is 2. The van der Waals surface area contributed by atoms with Crippen molar-refractivity contribution in [1.82, 2.24) is 19.6 Å². The molecular weight excluding hydrogens is 344 g/mol. The third kappa shape index (κ3) is 3.01. The molecule has 2 heterocycles. The molecule has 136 valence electrons. The lowest BCUT2D eigenvalue weighted by Crippen LogP contribution is -2.33. The molecule has 8 heteroatoms. The Bertz CT molecular complexity index is 1150. The van der Waals surface area contributed by atoms with Crippen LogP contribution in [0.1, 0.15) is 6.92 Å². The third-order valence-corrected chi connectivity index (χ3v) is 4.28. The van der Waals surface area contributed by atoms with Gasteiger partial charge in [-0.15, -0.1) is 5.10 Å². The highest BCUT2D eigenvalue weighted by Crippen LogP contribution is 2.26. The smallest absolute Gasteiger partial charge is 0.239 e. The van der Waals surface area contributed by atoms with E-state index < -0.39 is 11.9 Å². The number of nitrogens with one attached hydrogen (secondary N) is 1. The number of benzene rings is 2. The number of amides is 1. The number of ether oxygens (including phenoxy) is 1. The molecule has 4 aromatic rings. The van der Waals surface area contributed by atoms with Gasteiger partial charge in [0.15, 0.2) is 11.5 Å². The van der Waals surface area contributed by atoms with Crippen molar-refractivity contribution in [3.05, 3.63) is 48.5 Å². The maximum Gasteiger partial charge on any atom is 0.239 e. The zero-order chi connectivity index (χ0) is 19.0. The number of fused-ring (bicyclic) bond motifs is 3. The molecule has 0 spiro atoms. The van der Waals surface area contributed by atoms with Crippen LogP contribution in [0.3, 0.4) is 0 Å². The number of carbonyl (C=O) groups excluding carboxylic acids is 1. The summed E-state index contributed by atoms with van der Waals surface area (Å²) in [6, 6.07) is 14.5. The van der Waals surface area contributed by atoms with Gasteiger partial charge in [-0.2, -0.15) is 4.52 Å². The normalized spacial score (nSPS) is 12.2. The van der Waals surface area contributed by atoms with Gasteiger partial charge in [0.25, 0.3) is 0 Å². The monoisotopic (exact) mass is 362 g/mol. The van der Waals surface area contributed by atoms with Crippen molar-refractivity contribution in [2.45, 2.75) is 13.0 Å². The zero-order valence-corrected chi connectivity index (χ0v) is 14.9. The first-order valence-electron chi connectivity index (χ1n) is 8.42. The Morgan fingerprint density at radius 2 is 2.00 bits per heavy atom. The van der Waals surface area contributed by atoms with Crippen LogP contribution in [0, 0.1) is 0 Å². The molecule has 8 nitrogen and oxygen atoms in total. The maximum atomic E-state index is 11.5. The van der Waals surface area contributed by atoms with Crippen LogP contribution in [0.25, 0.3) is 27.9 Å². The minimum Gasteiger partial charge on any atom is -0.497 e. The molecule has 0 radical (unpaired) electrons. The van der Waals surface area contributed by atoms with E-state index in [0.717, 1.165) is 22.2 Å². The van der Waals surface area contributed by atoms with Gasteiger partial charge >= 0.3 is 0 Å². The molecule has 0 aliphatic carbocycles. The van der Waals surface area contributed by atoms with Gasteiger partial charge in [-0.1, -0.05) is 24.3 Å². The first-order valence-corrected chi connectivity index (χ1v) is 8.42. The van der Waals surface area contributed by atoms with Crippen LogP contribution < -0.4 is 15.8 Å². The van der Waals surface area contributed by atoms with E-state index in [1.165, 1.54) is 0 Å². The molecule has 27 heavy (non-hydrogen) atoms. The molecule has 0 fully saturated rings. The Labute approximate surface area is 155 Å². The number of carbonyl (C=O) groups is 1. The second-order valence-electron chi connectivity index (χ2n) is 6.12. The summed E-state index contributed by atoms with van der Waals surface area (Å²) in [6.07, 6.45) is 0. The SMILES string of the molecule is COc1cccc(-c2nc3c4ccccc4nc(N[C@H](C)C(N)=O)n3n2)c1. The molecule has 0 saturated carbocycles. The first-order chi connectivity index (χ1) is 13.1. The van der Waals surface area contributed by atoms with Gasteiger partial charge in [-0.05, 0) is 31.2 Å². The van der Waals surface area contributed by atoms with E-state index in [-0.39, 0.29) is 0 Å². The number of nitrogens with two attached hydrogens (primary N) is 1. The lowest BCUT2D eigenvalue weighted by molar-refractivity contribution is -0.118. The van der Waals surface area contributed by atoms with Crippen LogP contribution in [0.4, 0.5) is 5.95 Å². The average molecular weight is 362 g/mol. The third-order valence-electron chi connectivity index (χ3n) is 4.28. The summed E-state index contributed by atoms with van der Waals surface area (Å²) in [4.78, 5) is 20.8. The van der Waals surface area contributed by atoms with Gasteiger partial charge in [-0.25, -0.2) is 9.97 Å². The highest BCUT2D eigenvalue weighted by Gasteiger charge is 2.17. The number of rotatable bonds is 5. The number of para-hydroxylation sites is 1. The molecule has 0 saturated heterocycles. The standard InChI is InChI=1S/C19H18N6O2/c1-11(16(20)26)21-19-22-15-9-4-3-8-14(15)18-23-17(24-25(18)19)12-6-5-7-13(10-12)27-2/h3-11H,1-2H3,(H2,20,26)(H,21,22)/t11-/m1/s1. The van der Waals surface area contributed by atoms with E-state index in [4.69, 9.17) is 15.5 Å². The molecule has 1 atom stereocenters. The van der Waals surface area contributed by atoms with Crippen LogP contribution in [-0.2, 0) is 4.79 Å². The van der Waals surface area contributed by atoms with E-state index in [0.29, 0.717) is 17.4 Å². The minimum absolute atomic E-state index is 0.400. The Balaban J connectivity index is 1.94. The van der Waals surface area contributed by atoms with Crippen molar-refractivity contribution >= 4 is 28.4 Å². The molecule has 0 bridgehead atoms. The van der Waals surface area contributed by atoms with Gasteiger partial charge in [-0.3, -0.25) is 4.79 Å². The molecule has 2 aromatic carbocycles. The highest BCUT2D eigenvalue weighted by atomic mass is 16.5. The van der Waals surface area contributed by atoms with Crippen molar-refractivity contribution in [3.8, 4) is 17.1 Å². The Kier molecular flexibility index (Phi) is 4.08. The number of primary amides is 1. The average Bonchev–Trinajstić information content (AvgIpc) is 3.14. The Morgan fingerprint density at radius 3 is 2.78 bits per heavy atom. The van der Waals surface area contributed by atoms with E-state index in [1.807, 2.05) is 48.5 Å². The number of anilines is 1. The van der Waals surface area contributed by atoms with Crippen LogP contribution >= 0.6 is 0 Å². The minimum atomic E-state index is -0.605. The Hall–Kier alpha value is -3.68. The number of nitrogens with zero attached hydrogens (tertiary/aromatic N) is 4. The molecule has 4 rings (SSSR count). The quantitative estimate of drug-likeness (QED) is 0.564. The molecule has 0 aliphatic rings. The number of methoxy groups -OCH3 is 1. The summed E-state index contributed by atoms with van der Waals surface area (Å²) in [5, 5.41) is 8.47. The van der Waals surface area contributed by atoms with Crippen molar-refractivity contribution in [2.75, 3.05) is 12.4 Å². The van der Waals surface area contributed by atoms with Gasteiger partial charge in [0.05, 0.1) is 12.6 Å². The second kappa shape index (κ2) is 6.56. The predicted octanol–water partition coefficient (Wildman–Crippen LogP) is 2.24. The van der Waals surface area contributed by atoms with Crippen LogP contribution in [0.2, 0.25) is 0 Å². The highest BCUT2D eigenvalue weighted by molar-refractivity contribution is 5.93. The fraction of sp³-hybridized carbons (Fsp3) is 0.158. The lowest BCUT2D eigenvalue weighted by Gasteiger charge is -2.12. The number of hydrogen-bond acceptors (Lipinski definition) is 6. The summed E-state index contributed by atoms with van der Waals surface area (Å²) < 4.78 is 6.88. The first kappa shape index (κ1) is 16.8. The van der Waals surface area contributed by atoms with Crippen molar-refractivity contribution in [3.63, 3.8) is 0 Å². The summed E-state index contributed by atoms with van der Waals surface area (Å²) in [7, 11) is 1.61. The molecule has 2 aromatic heterocycles. The molecular formula is C19H18N6O2. The van der Waals surface area contributed by atoms with Crippen LogP contribution in [0.5, 0.6) is 5.75 Å². The second-order valence-corrected chi connectivity index (χ2v) is 6.12. The fourth-order valence-corrected chi connectivity index (χ4v) is 2.80. The van der Waals surface area contributed by atoms with E-state index in [1.54, 1.807) is 18.5 Å². The van der Waals surface area contributed by atoms with Gasteiger partial charge in [0.1, 0.15) is 11.8 Å². The molecule has 0 aliphatic heterocycles. The maximum absolute atomic E-state index is 11.5. The van der Waals surface area contributed by atoms with E-state index in [9.17, 15) is 4.79 Å². The topological polar surface area (TPSA) is 107 Å². The van der Waals surface area contributed by atoms with Gasteiger partial charge < -0.3 is 15.8 Å². The summed E-state index contributed by atoms with van der Waals surface area (Å²) in [5.74, 6) is 1.17. The summed E-state index contributed by atoms with van der Waals surface area (Å²) in [6.45, 7) is 1.67. The van der Waals surface area contributed by atoms with E-state index in [2.05, 4.69) is 15.4 Å². The van der Waals surface area contributed by atoms with Crippen molar-refractivity contribution in [1.29, 1.82) is 0 Å². The van der Waals surface area contributed by atoms with Crippen molar-refractivity contribution < 1.29 is 9.53 Å². The van der Waals surface area contributed by atoms with Gasteiger partial charge in [0, 0.05) is 10.9 Å². The lowest BCUT2D eigenvalue weighted by atomic mass is 10.2. The molecule has 3 N–H and O–H groups in total. The largest absolute Gasteiger partial charge is 0.497 e. The predicted molar refractivity (Wildman–Crippen MR) is 103 cm³/mol. The fourth-order valence-electron chi connectivity index (χ4n) is 2.80. The molecule has 0 unspecified atom stereocenters. The Morgan fingerprint density at radius 1 is 1.19 bits per heavy atom.